The van der Waals surface area contributed by atoms with E-state index in [0.29, 0.717) is 5.56 Å². The molecule has 174 valence electrons. The molecule has 2 heterocycles. The third-order valence-corrected chi connectivity index (χ3v) is 6.51. The van der Waals surface area contributed by atoms with Crippen LogP contribution in [0.2, 0.25) is 10.2 Å². The molecule has 4 amide bonds. The van der Waals surface area contributed by atoms with Crippen molar-refractivity contribution in [3.05, 3.63) is 69.7 Å². The van der Waals surface area contributed by atoms with Crippen LogP contribution in [0.3, 0.4) is 0 Å². The fraction of sp³-hybridized carbons (Fsp3) is 0.273. The number of alkyl halides is 2. The van der Waals surface area contributed by atoms with E-state index in [1.54, 1.807) is 0 Å². The first-order chi connectivity index (χ1) is 16.7. The summed E-state index contributed by atoms with van der Waals surface area (Å²) >= 11 is 5.71. The number of benzene rings is 2. The minimum atomic E-state index is -3.89. The molecule has 2 aliphatic rings. The Morgan fingerprint density at radius 1 is 1.11 bits per heavy atom. The Morgan fingerprint density at radius 2 is 1.75 bits per heavy atom. The maximum atomic E-state index is 14.6. The minimum absolute atomic E-state index is 0.133. The quantitative estimate of drug-likeness (QED) is 0.467. The van der Waals surface area contributed by atoms with Crippen molar-refractivity contribution in [1.82, 2.24) is 15.5 Å². The van der Waals surface area contributed by atoms with E-state index >= 15 is 0 Å². The molecule has 8 radical (unpaired) electrons. The molecule has 0 spiro atoms. The van der Waals surface area contributed by atoms with Gasteiger partial charge in [0.15, 0.2) is 0 Å². The van der Waals surface area contributed by atoms with Gasteiger partial charge in [0.25, 0.3) is 11.8 Å². The number of halogens is 3. The van der Waals surface area contributed by atoms with E-state index in [1.807, 2.05) is 5.32 Å². The van der Waals surface area contributed by atoms with Gasteiger partial charge in [-0.3, -0.25) is 24.5 Å². The highest BCUT2D eigenvalue weighted by atomic mass is 35.5. The summed E-state index contributed by atoms with van der Waals surface area (Å²) in [6.07, 6.45) is -0.515. The number of piperidine rings is 1. The zero-order chi connectivity index (χ0) is 26.6. The molecule has 0 aromatic heterocycles. The van der Waals surface area contributed by atoms with Crippen molar-refractivity contribution in [2.75, 3.05) is 0 Å². The van der Waals surface area contributed by atoms with Crippen molar-refractivity contribution in [2.24, 2.45) is 0 Å². The van der Waals surface area contributed by atoms with Crippen LogP contribution in [-0.4, -0.2) is 65.4 Å². The second kappa shape index (κ2) is 8.80. The highest BCUT2D eigenvalue weighted by Crippen LogP contribution is 2.44. The lowest BCUT2D eigenvalue weighted by atomic mass is 9.36. The number of carbonyl (C=O) groups is 4. The monoisotopic (exact) mass is 501 g/mol. The Kier molecular flexibility index (Phi) is 6.35. The Balaban J connectivity index is 1.55. The number of imide groups is 1. The summed E-state index contributed by atoms with van der Waals surface area (Å²) in [6, 6.07) is 8.61. The first-order valence-corrected chi connectivity index (χ1v) is 10.9. The molecular weight excluding hydrogens is 487 g/mol. The number of carbonyl (C=O) groups excluding carboxylic acids is 4. The lowest BCUT2D eigenvalue weighted by Crippen LogP contribution is -2.70. The van der Waals surface area contributed by atoms with Crippen molar-refractivity contribution in [3.63, 3.8) is 0 Å². The number of rotatable bonds is 5. The second-order valence-corrected chi connectivity index (χ2v) is 9.14. The van der Waals surface area contributed by atoms with E-state index in [4.69, 9.17) is 43.0 Å². The molecule has 14 heteroatoms. The fourth-order valence-electron chi connectivity index (χ4n) is 4.18. The van der Waals surface area contributed by atoms with E-state index in [0.717, 1.165) is 17.0 Å². The van der Waals surface area contributed by atoms with Gasteiger partial charge in [-0.05, 0) is 29.3 Å². The minimum Gasteiger partial charge on any atom is -0.352 e. The average molecular weight is 501 g/mol. The standard InChI is InChI=1S/C22H14B4ClF2N3O4/c23-16(31-18(35)21(28,29)12-2-4-13(27)5-3-12)10-1-6-14-11(7-10)9-32(17(14)34)22(26)19(36)30-15(33)8-20(22,24)25/h1-7,16H,8-9H2,(H,31,35)(H,30,33,36)/t16?,22-/m1/s1. The molecule has 0 saturated carbocycles. The third-order valence-electron chi connectivity index (χ3n) is 6.26. The van der Waals surface area contributed by atoms with Gasteiger partial charge in [0.1, 0.15) is 15.7 Å². The molecule has 7 nitrogen and oxygen atoms in total. The summed E-state index contributed by atoms with van der Waals surface area (Å²) in [5.74, 6) is -9.37. The van der Waals surface area contributed by atoms with Gasteiger partial charge in [-0.2, -0.15) is 8.78 Å². The Labute approximate surface area is 215 Å². The van der Waals surface area contributed by atoms with Gasteiger partial charge in [-0.1, -0.05) is 41.1 Å². The molecule has 36 heavy (non-hydrogen) atoms. The Bertz CT molecular complexity index is 1290. The van der Waals surface area contributed by atoms with E-state index in [1.165, 1.54) is 30.3 Å². The van der Waals surface area contributed by atoms with Crippen LogP contribution in [-0.2, 0) is 26.9 Å². The first-order valence-electron chi connectivity index (χ1n) is 10.5. The van der Waals surface area contributed by atoms with Crippen molar-refractivity contribution in [3.8, 4) is 0 Å². The average Bonchev–Trinajstić information content (AvgIpc) is 3.13. The van der Waals surface area contributed by atoms with Crippen molar-refractivity contribution in [1.29, 1.82) is 0 Å². The van der Waals surface area contributed by atoms with Crippen LogP contribution in [0.1, 0.15) is 39.4 Å². The molecular formula is C22H14B4ClF2N3O4. The lowest BCUT2D eigenvalue weighted by molar-refractivity contribution is -0.147. The highest BCUT2D eigenvalue weighted by molar-refractivity contribution is 6.52. The molecule has 1 fully saturated rings. The first kappa shape index (κ1) is 26.0. The molecule has 2 atom stereocenters. The zero-order valence-electron chi connectivity index (χ0n) is 18.6. The molecule has 2 aromatic rings. The maximum Gasteiger partial charge on any atom is 0.349 e. The van der Waals surface area contributed by atoms with Crippen LogP contribution < -0.4 is 10.6 Å². The van der Waals surface area contributed by atoms with Gasteiger partial charge < -0.3 is 10.2 Å². The number of hydrogen-bond donors (Lipinski definition) is 2. The van der Waals surface area contributed by atoms with Gasteiger partial charge in [0.05, 0.1) is 21.1 Å². The van der Waals surface area contributed by atoms with Gasteiger partial charge in [-0.15, -0.1) is 0 Å². The van der Waals surface area contributed by atoms with Crippen LogP contribution in [0.4, 0.5) is 8.78 Å². The maximum absolute atomic E-state index is 14.6. The molecule has 2 aliphatic heterocycles. The van der Waals surface area contributed by atoms with Gasteiger partial charge in [-0.25, -0.2) is 0 Å². The summed E-state index contributed by atoms with van der Waals surface area (Å²) in [5.41, 5.74) is -2.17. The van der Waals surface area contributed by atoms with Crippen molar-refractivity contribution < 1.29 is 28.0 Å². The normalized spacial score (nSPS) is 22.1. The number of nitrogens with one attached hydrogen (secondary N) is 2. The van der Waals surface area contributed by atoms with Gasteiger partial charge in [0, 0.05) is 35.1 Å². The molecule has 4 rings (SSSR count). The van der Waals surface area contributed by atoms with Gasteiger partial charge >= 0.3 is 5.92 Å². The number of fused-ring (bicyclic) bond motifs is 1. The number of amides is 4. The van der Waals surface area contributed by atoms with Crippen molar-refractivity contribution in [2.45, 2.75) is 35.5 Å². The smallest absolute Gasteiger partial charge is 0.349 e. The highest BCUT2D eigenvalue weighted by Gasteiger charge is 2.56. The summed E-state index contributed by atoms with van der Waals surface area (Å²) < 4.78 is 29.2. The fourth-order valence-corrected chi connectivity index (χ4v) is 4.30. The molecule has 2 aromatic carbocycles. The third kappa shape index (κ3) is 4.13. The van der Waals surface area contributed by atoms with E-state index < -0.39 is 58.1 Å². The summed E-state index contributed by atoms with van der Waals surface area (Å²) in [7, 11) is 24.1. The van der Waals surface area contributed by atoms with Crippen LogP contribution in [0.25, 0.3) is 0 Å². The summed E-state index contributed by atoms with van der Waals surface area (Å²) in [6.45, 7) is -0.238. The Morgan fingerprint density at radius 3 is 2.36 bits per heavy atom. The van der Waals surface area contributed by atoms with E-state index in [-0.39, 0.29) is 22.7 Å². The summed E-state index contributed by atoms with van der Waals surface area (Å²) in [4.78, 5) is 50.6. The van der Waals surface area contributed by atoms with Gasteiger partial charge in [0.2, 0.25) is 11.8 Å². The van der Waals surface area contributed by atoms with Crippen LogP contribution in [0.15, 0.2) is 42.5 Å². The molecule has 1 saturated heterocycles. The van der Waals surface area contributed by atoms with Crippen molar-refractivity contribution >= 4 is 66.6 Å². The SMILES string of the molecule is [B]C(NC(=O)C(F)(F)c1ccc(Cl)cc1)c1ccc2c(c1)CN([C@]1([B])C(=O)NC(=O)CC1([B])[B])C2=O. The van der Waals surface area contributed by atoms with Crippen LogP contribution >= 0.6 is 11.6 Å². The number of nitrogens with zero attached hydrogens (tertiary/aromatic N) is 1. The molecule has 2 N–H and O–H groups in total. The van der Waals surface area contributed by atoms with E-state index in [9.17, 15) is 28.0 Å². The predicted molar refractivity (Wildman–Crippen MR) is 129 cm³/mol. The molecule has 1 unspecified atom stereocenters. The van der Waals surface area contributed by atoms with Crippen LogP contribution in [0, 0.1) is 0 Å². The van der Waals surface area contributed by atoms with E-state index in [2.05, 4.69) is 5.32 Å². The predicted octanol–water partition coefficient (Wildman–Crippen LogP) is 0.736. The zero-order valence-corrected chi connectivity index (χ0v) is 19.3. The van der Waals surface area contributed by atoms with Crippen LogP contribution in [0.5, 0.6) is 0 Å². The number of hydrogen-bond acceptors (Lipinski definition) is 4. The summed E-state index contributed by atoms with van der Waals surface area (Å²) in [5, 5.41) is 2.24. The molecule has 0 aliphatic carbocycles. The molecule has 0 bridgehead atoms. The topological polar surface area (TPSA) is 95.6 Å². The largest absolute Gasteiger partial charge is 0.352 e. The second-order valence-electron chi connectivity index (χ2n) is 8.70. The Hall–Kier alpha value is -3.07. The lowest BCUT2D eigenvalue weighted by Gasteiger charge is -2.52.